The number of fused-ring (bicyclic) bond motifs is 1. The first-order chi connectivity index (χ1) is 12.7. The Kier molecular flexibility index (Phi) is 4.15. The molecule has 5 nitrogen and oxygen atoms in total. The average Bonchev–Trinajstić information content (AvgIpc) is 3.11. The normalized spacial score (nSPS) is 10.8. The number of pyridine rings is 2. The second-order valence-corrected chi connectivity index (χ2v) is 5.83. The second kappa shape index (κ2) is 6.76. The van der Waals surface area contributed by atoms with E-state index in [1.807, 2.05) is 30.5 Å². The number of rotatable bonds is 4. The molecule has 0 aliphatic rings. The zero-order chi connectivity index (χ0) is 17.9. The van der Waals surface area contributed by atoms with Crippen molar-refractivity contribution < 1.29 is 9.18 Å². The SMILES string of the molecule is O=C(NCc1ccc(F)cc1)c1cnc2ccc(-c3ccncc3)cn12. The lowest BCUT2D eigenvalue weighted by Crippen LogP contribution is -2.24. The van der Waals surface area contributed by atoms with Gasteiger partial charge >= 0.3 is 0 Å². The van der Waals surface area contributed by atoms with E-state index in [9.17, 15) is 9.18 Å². The fourth-order valence-corrected chi connectivity index (χ4v) is 2.74. The van der Waals surface area contributed by atoms with Crippen molar-refractivity contribution in [3.05, 3.63) is 90.4 Å². The summed E-state index contributed by atoms with van der Waals surface area (Å²) in [6.07, 6.45) is 6.88. The van der Waals surface area contributed by atoms with Crippen molar-refractivity contribution in [3.8, 4) is 11.1 Å². The summed E-state index contributed by atoms with van der Waals surface area (Å²) < 4.78 is 14.7. The fraction of sp³-hybridized carbons (Fsp3) is 0.0500. The van der Waals surface area contributed by atoms with Crippen LogP contribution in [0.5, 0.6) is 0 Å². The van der Waals surface area contributed by atoms with Crippen molar-refractivity contribution in [3.63, 3.8) is 0 Å². The van der Waals surface area contributed by atoms with Crippen LogP contribution >= 0.6 is 0 Å². The number of aromatic nitrogens is 3. The summed E-state index contributed by atoms with van der Waals surface area (Å²) in [6.45, 7) is 0.316. The number of nitrogens with one attached hydrogen (secondary N) is 1. The summed E-state index contributed by atoms with van der Waals surface area (Å²) in [5.41, 5.74) is 3.93. The van der Waals surface area contributed by atoms with Crippen LogP contribution in [0.15, 0.2) is 73.3 Å². The van der Waals surface area contributed by atoms with Gasteiger partial charge < -0.3 is 5.32 Å². The molecule has 128 valence electrons. The third-order valence-corrected chi connectivity index (χ3v) is 4.12. The summed E-state index contributed by atoms with van der Waals surface area (Å²) in [4.78, 5) is 20.9. The van der Waals surface area contributed by atoms with Gasteiger partial charge in [0.15, 0.2) is 0 Å². The second-order valence-electron chi connectivity index (χ2n) is 5.83. The highest BCUT2D eigenvalue weighted by Gasteiger charge is 2.12. The molecule has 1 aromatic carbocycles. The minimum atomic E-state index is -0.300. The van der Waals surface area contributed by atoms with Crippen LogP contribution in [-0.2, 0) is 6.54 Å². The number of hydrogen-bond acceptors (Lipinski definition) is 3. The van der Waals surface area contributed by atoms with E-state index in [0.717, 1.165) is 16.7 Å². The maximum atomic E-state index is 13.0. The number of imidazole rings is 1. The number of hydrogen-bond donors (Lipinski definition) is 1. The fourth-order valence-electron chi connectivity index (χ4n) is 2.74. The molecule has 6 heteroatoms. The monoisotopic (exact) mass is 346 g/mol. The maximum Gasteiger partial charge on any atom is 0.270 e. The van der Waals surface area contributed by atoms with Crippen molar-refractivity contribution in [2.45, 2.75) is 6.54 Å². The lowest BCUT2D eigenvalue weighted by Gasteiger charge is -2.07. The Bertz CT molecular complexity index is 1060. The Labute approximate surface area is 149 Å². The summed E-state index contributed by atoms with van der Waals surface area (Å²) in [5.74, 6) is -0.542. The zero-order valence-electron chi connectivity index (χ0n) is 13.8. The molecule has 1 amide bonds. The van der Waals surface area contributed by atoms with E-state index in [0.29, 0.717) is 17.9 Å². The van der Waals surface area contributed by atoms with Crippen LogP contribution in [0.25, 0.3) is 16.8 Å². The summed E-state index contributed by atoms with van der Waals surface area (Å²) >= 11 is 0. The number of carbonyl (C=O) groups excluding carboxylic acids is 1. The quantitative estimate of drug-likeness (QED) is 0.616. The van der Waals surface area contributed by atoms with E-state index in [4.69, 9.17) is 0 Å². The van der Waals surface area contributed by atoms with Crippen LogP contribution in [-0.4, -0.2) is 20.3 Å². The lowest BCUT2D eigenvalue weighted by atomic mass is 10.1. The van der Waals surface area contributed by atoms with Crippen LogP contribution in [0.3, 0.4) is 0 Å². The Morgan fingerprint density at radius 2 is 1.77 bits per heavy atom. The van der Waals surface area contributed by atoms with Crippen LogP contribution in [0.2, 0.25) is 0 Å². The molecule has 0 spiro atoms. The van der Waals surface area contributed by atoms with Crippen LogP contribution in [0.4, 0.5) is 4.39 Å². The van der Waals surface area contributed by atoms with Gasteiger partial charge in [-0.05, 0) is 53.1 Å². The molecule has 3 heterocycles. The van der Waals surface area contributed by atoms with Gasteiger partial charge in [-0.15, -0.1) is 0 Å². The zero-order valence-corrected chi connectivity index (χ0v) is 13.8. The number of benzene rings is 1. The van der Waals surface area contributed by atoms with Crippen LogP contribution in [0.1, 0.15) is 16.1 Å². The molecule has 0 saturated carbocycles. The largest absolute Gasteiger partial charge is 0.347 e. The molecular formula is C20H15FN4O. The highest BCUT2D eigenvalue weighted by molar-refractivity contribution is 5.93. The highest BCUT2D eigenvalue weighted by atomic mass is 19.1. The van der Waals surface area contributed by atoms with Gasteiger partial charge in [0.1, 0.15) is 17.2 Å². The molecule has 4 aromatic rings. The summed E-state index contributed by atoms with van der Waals surface area (Å²) in [5, 5.41) is 2.84. The Morgan fingerprint density at radius 1 is 1.00 bits per heavy atom. The predicted octanol–water partition coefficient (Wildman–Crippen LogP) is 3.47. The van der Waals surface area contributed by atoms with Gasteiger partial charge in [0.25, 0.3) is 5.91 Å². The van der Waals surface area contributed by atoms with E-state index in [2.05, 4.69) is 15.3 Å². The van der Waals surface area contributed by atoms with E-state index >= 15 is 0 Å². The molecule has 0 aliphatic carbocycles. The molecule has 26 heavy (non-hydrogen) atoms. The van der Waals surface area contributed by atoms with Gasteiger partial charge in [-0.25, -0.2) is 9.37 Å². The minimum absolute atomic E-state index is 0.242. The van der Waals surface area contributed by atoms with Gasteiger partial charge in [-0.2, -0.15) is 0 Å². The minimum Gasteiger partial charge on any atom is -0.347 e. The molecule has 0 saturated heterocycles. The molecule has 0 bridgehead atoms. The third-order valence-electron chi connectivity index (χ3n) is 4.12. The number of halogens is 1. The molecule has 0 unspecified atom stereocenters. The topological polar surface area (TPSA) is 59.3 Å². The lowest BCUT2D eigenvalue weighted by molar-refractivity contribution is 0.0945. The standard InChI is InChI=1S/C20H15FN4O/c21-17-4-1-14(2-5-17)11-24-20(26)18-12-23-19-6-3-16(13-25(18)19)15-7-9-22-10-8-15/h1-10,12-13H,11H2,(H,24,26). The van der Waals surface area contributed by atoms with Crippen molar-refractivity contribution in [1.82, 2.24) is 19.7 Å². The van der Waals surface area contributed by atoms with Crippen LogP contribution < -0.4 is 5.32 Å². The van der Waals surface area contributed by atoms with E-state index in [-0.39, 0.29) is 11.7 Å². The molecule has 0 radical (unpaired) electrons. The smallest absolute Gasteiger partial charge is 0.270 e. The highest BCUT2D eigenvalue weighted by Crippen LogP contribution is 2.20. The van der Waals surface area contributed by atoms with E-state index < -0.39 is 0 Å². The van der Waals surface area contributed by atoms with Gasteiger partial charge in [0.05, 0.1) is 6.20 Å². The maximum absolute atomic E-state index is 13.0. The molecule has 1 N–H and O–H groups in total. The first-order valence-corrected chi connectivity index (χ1v) is 8.11. The van der Waals surface area contributed by atoms with E-state index in [1.165, 1.54) is 12.1 Å². The van der Waals surface area contributed by atoms with Gasteiger partial charge in [0, 0.05) is 25.1 Å². The van der Waals surface area contributed by atoms with E-state index in [1.54, 1.807) is 35.1 Å². The Morgan fingerprint density at radius 3 is 2.54 bits per heavy atom. The number of nitrogens with zero attached hydrogens (tertiary/aromatic N) is 3. The first kappa shape index (κ1) is 16.0. The number of amides is 1. The molecule has 0 fully saturated rings. The molecule has 3 aromatic heterocycles. The van der Waals surface area contributed by atoms with Crippen molar-refractivity contribution in [2.24, 2.45) is 0 Å². The van der Waals surface area contributed by atoms with Crippen molar-refractivity contribution >= 4 is 11.6 Å². The van der Waals surface area contributed by atoms with Crippen molar-refractivity contribution in [2.75, 3.05) is 0 Å². The first-order valence-electron chi connectivity index (χ1n) is 8.11. The number of carbonyl (C=O) groups is 1. The van der Waals surface area contributed by atoms with Crippen molar-refractivity contribution in [1.29, 1.82) is 0 Å². The molecule has 4 rings (SSSR count). The van der Waals surface area contributed by atoms with Gasteiger partial charge in [-0.3, -0.25) is 14.2 Å². The van der Waals surface area contributed by atoms with Crippen LogP contribution in [0, 0.1) is 5.82 Å². The molecular weight excluding hydrogens is 331 g/mol. The Hall–Kier alpha value is -3.54. The summed E-state index contributed by atoms with van der Waals surface area (Å²) in [6, 6.07) is 13.7. The van der Waals surface area contributed by atoms with Gasteiger partial charge in [-0.1, -0.05) is 12.1 Å². The molecule has 0 atom stereocenters. The third kappa shape index (κ3) is 3.17. The Balaban J connectivity index is 1.59. The predicted molar refractivity (Wildman–Crippen MR) is 96.0 cm³/mol. The van der Waals surface area contributed by atoms with Gasteiger partial charge in [0.2, 0.25) is 0 Å². The summed E-state index contributed by atoms with van der Waals surface area (Å²) in [7, 11) is 0. The molecule has 0 aliphatic heterocycles. The average molecular weight is 346 g/mol.